The first-order chi connectivity index (χ1) is 19.1. The fraction of sp³-hybridized carbons (Fsp3) is 0.514. The fourth-order valence-electron chi connectivity index (χ4n) is 5.27. The molecule has 0 atom stereocenters. The summed E-state index contributed by atoms with van der Waals surface area (Å²) < 4.78 is 0. The van der Waals surface area contributed by atoms with Crippen molar-refractivity contribution in [1.82, 2.24) is 9.97 Å². The Morgan fingerprint density at radius 3 is 1.82 bits per heavy atom. The highest BCUT2D eigenvalue weighted by molar-refractivity contribution is 5.68. The first-order valence-electron chi connectivity index (χ1n) is 15.3. The highest BCUT2D eigenvalue weighted by Crippen LogP contribution is 2.33. The minimum absolute atomic E-state index is 0.339. The highest BCUT2D eigenvalue weighted by Gasteiger charge is 2.17. The maximum absolute atomic E-state index is 10.1. The number of benzene rings is 2. The molecule has 1 aliphatic rings. The van der Waals surface area contributed by atoms with Crippen molar-refractivity contribution in [1.29, 1.82) is 0 Å². The molecule has 4 rings (SSSR count). The van der Waals surface area contributed by atoms with Crippen LogP contribution in [0.1, 0.15) is 121 Å². The van der Waals surface area contributed by atoms with Crippen LogP contribution in [0.25, 0.3) is 22.5 Å². The van der Waals surface area contributed by atoms with E-state index in [1.54, 1.807) is 0 Å². The predicted molar refractivity (Wildman–Crippen MR) is 163 cm³/mol. The van der Waals surface area contributed by atoms with Crippen molar-refractivity contribution in [3.8, 4) is 22.5 Å². The van der Waals surface area contributed by atoms with Crippen molar-refractivity contribution in [3.63, 3.8) is 0 Å². The van der Waals surface area contributed by atoms with Gasteiger partial charge in [0, 0.05) is 24.4 Å². The van der Waals surface area contributed by atoms with Gasteiger partial charge in [-0.3, -0.25) is 4.79 Å². The lowest BCUT2D eigenvalue weighted by Gasteiger charge is -2.09. The number of nitrogens with zero attached hydrogens (tertiary/aromatic N) is 2. The van der Waals surface area contributed by atoms with E-state index in [0.29, 0.717) is 12.3 Å². The van der Waals surface area contributed by atoms with E-state index in [4.69, 9.17) is 5.11 Å². The summed E-state index contributed by atoms with van der Waals surface area (Å²) in [6.45, 7) is 4.43. The van der Waals surface area contributed by atoms with E-state index in [0.717, 1.165) is 24.2 Å². The van der Waals surface area contributed by atoms with Crippen molar-refractivity contribution < 1.29 is 9.90 Å². The third-order valence-electron chi connectivity index (χ3n) is 7.74. The van der Waals surface area contributed by atoms with Crippen LogP contribution < -0.4 is 0 Å². The molecule has 2 aromatic carbocycles. The van der Waals surface area contributed by atoms with Gasteiger partial charge in [0.05, 0.1) is 0 Å². The van der Waals surface area contributed by atoms with E-state index in [2.05, 4.69) is 72.3 Å². The Balaban J connectivity index is 0.000000325. The summed E-state index contributed by atoms with van der Waals surface area (Å²) in [6, 6.07) is 17.6. The zero-order valence-corrected chi connectivity index (χ0v) is 24.2. The van der Waals surface area contributed by atoms with Crippen molar-refractivity contribution >= 4 is 5.97 Å². The standard InChI is InChI=1S/C26H30N2.C9H18O2/c1-2-3-4-7-20-10-12-22(13-11-20)23-14-16-24(17-15-23)26-27-18-25(19-28-26)21-8-5-6-9-21;1-2-3-4-5-6-7-8-9(10)11/h10-19,21H,2-9H2,1H3;2-8H2,1H3,(H,10,11). The minimum Gasteiger partial charge on any atom is -0.481 e. The Labute approximate surface area is 236 Å². The number of aryl methyl sites for hydroxylation is 1. The van der Waals surface area contributed by atoms with Crippen molar-refractivity contribution in [3.05, 3.63) is 72.1 Å². The van der Waals surface area contributed by atoms with Gasteiger partial charge < -0.3 is 5.11 Å². The van der Waals surface area contributed by atoms with Gasteiger partial charge in [0.25, 0.3) is 0 Å². The highest BCUT2D eigenvalue weighted by atomic mass is 16.4. The molecule has 0 bridgehead atoms. The molecule has 1 fully saturated rings. The summed E-state index contributed by atoms with van der Waals surface area (Å²) in [5.41, 5.74) is 6.33. The largest absolute Gasteiger partial charge is 0.481 e. The van der Waals surface area contributed by atoms with Gasteiger partial charge in [-0.25, -0.2) is 9.97 Å². The average Bonchev–Trinajstić information content (AvgIpc) is 3.51. The zero-order valence-electron chi connectivity index (χ0n) is 24.2. The number of unbranched alkanes of at least 4 members (excludes halogenated alkanes) is 7. The average molecular weight is 529 g/mol. The molecule has 0 unspecified atom stereocenters. The molecule has 0 aliphatic heterocycles. The molecule has 1 N–H and O–H groups in total. The quantitative estimate of drug-likeness (QED) is 0.211. The Kier molecular flexibility index (Phi) is 13.7. The molecule has 210 valence electrons. The van der Waals surface area contributed by atoms with Gasteiger partial charge in [-0.15, -0.1) is 0 Å². The van der Waals surface area contributed by atoms with E-state index >= 15 is 0 Å². The molecule has 3 aromatic rings. The maximum Gasteiger partial charge on any atom is 0.303 e. The van der Waals surface area contributed by atoms with Crippen molar-refractivity contribution in [2.75, 3.05) is 0 Å². The Hall–Kier alpha value is -3.01. The van der Waals surface area contributed by atoms with E-state index in [-0.39, 0.29) is 0 Å². The van der Waals surface area contributed by atoms with Crippen LogP contribution in [-0.4, -0.2) is 21.0 Å². The molecular formula is C35H48N2O2. The number of carboxylic acids is 1. The minimum atomic E-state index is -0.666. The Bertz CT molecular complexity index is 1070. The molecule has 39 heavy (non-hydrogen) atoms. The van der Waals surface area contributed by atoms with Crippen LogP contribution in [0, 0.1) is 0 Å². The molecule has 4 heteroatoms. The van der Waals surface area contributed by atoms with Gasteiger partial charge in [0.15, 0.2) is 5.82 Å². The summed E-state index contributed by atoms with van der Waals surface area (Å²) >= 11 is 0. The molecule has 1 aliphatic carbocycles. The molecule has 0 saturated heterocycles. The molecule has 0 amide bonds. The van der Waals surface area contributed by atoms with Crippen LogP contribution in [0.4, 0.5) is 0 Å². The molecule has 1 heterocycles. The summed E-state index contributed by atoms with van der Waals surface area (Å²) in [5, 5.41) is 8.32. The second kappa shape index (κ2) is 17.6. The summed E-state index contributed by atoms with van der Waals surface area (Å²) in [5.74, 6) is 0.821. The van der Waals surface area contributed by atoms with Crippen LogP contribution in [0.2, 0.25) is 0 Å². The predicted octanol–water partition coefficient (Wildman–Crippen LogP) is 10.0. The first kappa shape index (κ1) is 30.5. The second-order valence-electron chi connectivity index (χ2n) is 11.0. The van der Waals surface area contributed by atoms with Crippen LogP contribution in [0.3, 0.4) is 0 Å². The smallest absolute Gasteiger partial charge is 0.303 e. The SMILES string of the molecule is CCCCCCCCC(=O)O.CCCCCc1ccc(-c2ccc(-c3ncc(C4CCCC4)cn3)cc2)cc1. The number of carbonyl (C=O) groups is 1. The number of aliphatic carboxylic acids is 1. The topological polar surface area (TPSA) is 63.1 Å². The Morgan fingerprint density at radius 2 is 1.23 bits per heavy atom. The van der Waals surface area contributed by atoms with Crippen LogP contribution in [0.15, 0.2) is 60.9 Å². The van der Waals surface area contributed by atoms with Crippen LogP contribution >= 0.6 is 0 Å². The number of rotatable bonds is 14. The summed E-state index contributed by atoms with van der Waals surface area (Å²) in [6.07, 6.45) is 21.6. The molecular weight excluding hydrogens is 480 g/mol. The van der Waals surface area contributed by atoms with Gasteiger partial charge in [-0.2, -0.15) is 0 Å². The van der Waals surface area contributed by atoms with Crippen molar-refractivity contribution in [2.24, 2.45) is 0 Å². The van der Waals surface area contributed by atoms with Crippen molar-refractivity contribution in [2.45, 2.75) is 116 Å². The van der Waals surface area contributed by atoms with E-state index < -0.39 is 5.97 Å². The summed E-state index contributed by atoms with van der Waals surface area (Å²) in [4.78, 5) is 19.4. The maximum atomic E-state index is 10.1. The lowest BCUT2D eigenvalue weighted by atomic mass is 10.00. The van der Waals surface area contributed by atoms with Crippen LogP contribution in [0.5, 0.6) is 0 Å². The molecule has 4 nitrogen and oxygen atoms in total. The monoisotopic (exact) mass is 528 g/mol. The third-order valence-corrected chi connectivity index (χ3v) is 7.74. The normalized spacial score (nSPS) is 13.2. The third kappa shape index (κ3) is 10.9. The summed E-state index contributed by atoms with van der Waals surface area (Å²) in [7, 11) is 0. The van der Waals surface area contributed by atoms with E-state index in [1.807, 2.05) is 12.4 Å². The van der Waals surface area contributed by atoms with Gasteiger partial charge in [-0.05, 0) is 60.3 Å². The second-order valence-corrected chi connectivity index (χ2v) is 11.0. The number of aromatic nitrogens is 2. The molecule has 1 aromatic heterocycles. The molecule has 0 radical (unpaired) electrons. The lowest BCUT2D eigenvalue weighted by molar-refractivity contribution is -0.137. The van der Waals surface area contributed by atoms with Crippen LogP contribution in [-0.2, 0) is 11.2 Å². The van der Waals surface area contributed by atoms with Gasteiger partial charge >= 0.3 is 5.97 Å². The number of hydrogen-bond donors (Lipinski definition) is 1. The molecule has 1 saturated carbocycles. The first-order valence-corrected chi connectivity index (χ1v) is 15.3. The van der Waals surface area contributed by atoms with Gasteiger partial charge in [0.2, 0.25) is 0 Å². The van der Waals surface area contributed by atoms with E-state index in [1.165, 1.54) is 99.3 Å². The number of carboxylic acid groups (broad SMARTS) is 1. The van der Waals surface area contributed by atoms with E-state index in [9.17, 15) is 4.79 Å². The lowest BCUT2D eigenvalue weighted by Crippen LogP contribution is -1.96. The van der Waals surface area contributed by atoms with Gasteiger partial charge in [0.1, 0.15) is 0 Å². The van der Waals surface area contributed by atoms with Gasteiger partial charge in [-0.1, -0.05) is 120 Å². The fourth-order valence-corrected chi connectivity index (χ4v) is 5.27. The zero-order chi connectivity index (χ0) is 27.7. The Morgan fingerprint density at radius 1 is 0.718 bits per heavy atom. The number of hydrogen-bond acceptors (Lipinski definition) is 3. The molecule has 0 spiro atoms.